The molecule has 0 unspecified atom stereocenters. The number of aromatic nitrogens is 3. The predicted octanol–water partition coefficient (Wildman–Crippen LogP) is 1.65. The minimum Gasteiger partial charge on any atom is -0.377 e. The zero-order valence-corrected chi connectivity index (χ0v) is 11.7. The van der Waals surface area contributed by atoms with Gasteiger partial charge in [-0.25, -0.2) is 4.98 Å². The van der Waals surface area contributed by atoms with Gasteiger partial charge >= 0.3 is 0 Å². The molecule has 2 rings (SSSR count). The van der Waals surface area contributed by atoms with Crippen LogP contribution in [0.1, 0.15) is 30.0 Å². The summed E-state index contributed by atoms with van der Waals surface area (Å²) in [6.45, 7) is 5.76. The molecule has 1 amide bonds. The molecule has 2 aromatic heterocycles. The fourth-order valence-corrected chi connectivity index (χ4v) is 1.99. The van der Waals surface area contributed by atoms with Gasteiger partial charge in [0.2, 0.25) is 0 Å². The van der Waals surface area contributed by atoms with Crippen LogP contribution in [-0.2, 0) is 13.1 Å². The van der Waals surface area contributed by atoms with Crippen molar-refractivity contribution in [3.8, 4) is 0 Å². The van der Waals surface area contributed by atoms with Crippen LogP contribution in [0.15, 0.2) is 30.9 Å². The summed E-state index contributed by atoms with van der Waals surface area (Å²) < 4.78 is 2.10. The Morgan fingerprint density at radius 3 is 2.95 bits per heavy atom. The number of nitrogens with zero attached hydrogens (tertiary/aromatic N) is 3. The van der Waals surface area contributed by atoms with Gasteiger partial charge in [-0.3, -0.25) is 9.78 Å². The Bertz CT molecular complexity index is 591. The van der Waals surface area contributed by atoms with Gasteiger partial charge in [0.15, 0.2) is 0 Å². The first kappa shape index (κ1) is 14.0. The fourth-order valence-electron chi connectivity index (χ4n) is 1.99. The summed E-state index contributed by atoms with van der Waals surface area (Å²) >= 11 is 0. The first-order valence-corrected chi connectivity index (χ1v) is 6.55. The van der Waals surface area contributed by atoms with E-state index in [0.29, 0.717) is 23.7 Å². The maximum atomic E-state index is 11.3. The number of imidazole rings is 1. The molecule has 0 aliphatic carbocycles. The molecule has 0 atom stereocenters. The highest BCUT2D eigenvalue weighted by Crippen LogP contribution is 2.14. The quantitative estimate of drug-likeness (QED) is 0.838. The third-order valence-electron chi connectivity index (χ3n) is 2.89. The largest absolute Gasteiger partial charge is 0.377 e. The fraction of sp³-hybridized carbons (Fsp3) is 0.357. The van der Waals surface area contributed by atoms with Crippen LogP contribution in [0.2, 0.25) is 0 Å². The number of pyridine rings is 1. The zero-order chi connectivity index (χ0) is 14.5. The minimum atomic E-state index is -0.494. The molecule has 0 fully saturated rings. The molecule has 3 N–H and O–H groups in total. The van der Waals surface area contributed by atoms with Crippen LogP contribution < -0.4 is 11.1 Å². The number of hydrogen-bond acceptors (Lipinski definition) is 4. The molecule has 0 saturated carbocycles. The van der Waals surface area contributed by atoms with Crippen molar-refractivity contribution < 1.29 is 4.79 Å². The molecular formula is C14H19N5O. The van der Waals surface area contributed by atoms with Gasteiger partial charge in [-0.1, -0.05) is 13.8 Å². The Morgan fingerprint density at radius 1 is 1.45 bits per heavy atom. The number of anilines is 1. The number of carbonyl (C=O) groups excluding carboxylic acids is 1. The molecule has 6 nitrogen and oxygen atoms in total. The maximum absolute atomic E-state index is 11.3. The Balaban J connectivity index is 2.10. The van der Waals surface area contributed by atoms with Gasteiger partial charge < -0.3 is 15.6 Å². The SMILES string of the molecule is CC(C)Cn1ccnc1CNc1ccncc1C(N)=O. The van der Waals surface area contributed by atoms with Gasteiger partial charge in [-0.05, 0) is 12.0 Å². The highest BCUT2D eigenvalue weighted by atomic mass is 16.1. The van der Waals surface area contributed by atoms with Crippen molar-refractivity contribution in [2.45, 2.75) is 26.9 Å². The number of hydrogen-bond donors (Lipinski definition) is 2. The van der Waals surface area contributed by atoms with Crippen LogP contribution in [0.4, 0.5) is 5.69 Å². The first-order chi connectivity index (χ1) is 9.58. The second kappa shape index (κ2) is 6.18. The van der Waals surface area contributed by atoms with Crippen molar-refractivity contribution in [1.29, 1.82) is 0 Å². The smallest absolute Gasteiger partial charge is 0.252 e. The predicted molar refractivity (Wildman–Crippen MR) is 77.1 cm³/mol. The number of rotatable bonds is 6. The van der Waals surface area contributed by atoms with Crippen LogP contribution in [0.25, 0.3) is 0 Å². The molecule has 0 aromatic carbocycles. The van der Waals surface area contributed by atoms with E-state index >= 15 is 0 Å². The lowest BCUT2D eigenvalue weighted by Crippen LogP contribution is -2.16. The molecule has 0 bridgehead atoms. The van der Waals surface area contributed by atoms with Gasteiger partial charge in [0.25, 0.3) is 5.91 Å². The van der Waals surface area contributed by atoms with Gasteiger partial charge in [0.1, 0.15) is 5.82 Å². The van der Waals surface area contributed by atoms with E-state index in [1.807, 2.05) is 6.20 Å². The maximum Gasteiger partial charge on any atom is 0.252 e. The normalized spacial score (nSPS) is 10.8. The van der Waals surface area contributed by atoms with Crippen molar-refractivity contribution in [2.75, 3.05) is 5.32 Å². The zero-order valence-electron chi connectivity index (χ0n) is 11.7. The number of nitrogens with two attached hydrogens (primary N) is 1. The van der Waals surface area contributed by atoms with Gasteiger partial charge in [-0.15, -0.1) is 0 Å². The van der Waals surface area contributed by atoms with Gasteiger partial charge in [-0.2, -0.15) is 0 Å². The summed E-state index contributed by atoms with van der Waals surface area (Å²) in [6.07, 6.45) is 6.82. The molecule has 2 aromatic rings. The summed E-state index contributed by atoms with van der Waals surface area (Å²) in [6, 6.07) is 1.73. The molecule has 0 aliphatic rings. The van der Waals surface area contributed by atoms with E-state index in [2.05, 4.69) is 33.7 Å². The van der Waals surface area contributed by atoms with Crippen LogP contribution in [0.5, 0.6) is 0 Å². The van der Waals surface area contributed by atoms with E-state index < -0.39 is 5.91 Å². The molecule has 20 heavy (non-hydrogen) atoms. The Labute approximate surface area is 118 Å². The van der Waals surface area contributed by atoms with Gasteiger partial charge in [0.05, 0.1) is 17.8 Å². The van der Waals surface area contributed by atoms with Crippen molar-refractivity contribution in [1.82, 2.24) is 14.5 Å². The van der Waals surface area contributed by atoms with Crippen molar-refractivity contribution >= 4 is 11.6 Å². The summed E-state index contributed by atoms with van der Waals surface area (Å²) in [4.78, 5) is 19.6. The van der Waals surface area contributed by atoms with Crippen molar-refractivity contribution in [3.63, 3.8) is 0 Å². The van der Waals surface area contributed by atoms with Crippen LogP contribution in [0.3, 0.4) is 0 Å². The highest BCUT2D eigenvalue weighted by Gasteiger charge is 2.09. The molecule has 0 aliphatic heterocycles. The second-order valence-corrected chi connectivity index (χ2v) is 5.03. The standard InChI is InChI=1S/C14H19N5O/c1-10(2)9-19-6-5-17-13(19)8-18-12-3-4-16-7-11(12)14(15)20/h3-7,10H,8-9H2,1-2H3,(H2,15,20)(H,16,18). The monoisotopic (exact) mass is 273 g/mol. The van der Waals surface area contributed by atoms with E-state index in [1.165, 1.54) is 6.20 Å². The van der Waals surface area contributed by atoms with Crippen molar-refractivity contribution in [3.05, 3.63) is 42.2 Å². The Hall–Kier alpha value is -2.37. The third kappa shape index (κ3) is 3.34. The van der Waals surface area contributed by atoms with E-state index in [1.54, 1.807) is 18.5 Å². The minimum absolute atomic E-state index is 0.384. The molecule has 6 heteroatoms. The van der Waals surface area contributed by atoms with Crippen molar-refractivity contribution in [2.24, 2.45) is 11.7 Å². The van der Waals surface area contributed by atoms with Gasteiger partial charge in [0, 0.05) is 31.3 Å². The first-order valence-electron chi connectivity index (χ1n) is 6.55. The topological polar surface area (TPSA) is 85.8 Å². The lowest BCUT2D eigenvalue weighted by atomic mass is 10.2. The summed E-state index contributed by atoms with van der Waals surface area (Å²) in [5.74, 6) is 0.974. The number of amides is 1. The molecule has 2 heterocycles. The molecule has 0 radical (unpaired) electrons. The van der Waals surface area contributed by atoms with E-state index in [9.17, 15) is 4.79 Å². The lowest BCUT2D eigenvalue weighted by Gasteiger charge is -2.12. The average molecular weight is 273 g/mol. The Kier molecular flexibility index (Phi) is 4.34. The summed E-state index contributed by atoms with van der Waals surface area (Å²) in [5.41, 5.74) is 6.38. The Morgan fingerprint density at radius 2 is 2.25 bits per heavy atom. The second-order valence-electron chi connectivity index (χ2n) is 5.03. The number of carbonyl (C=O) groups is 1. The summed E-state index contributed by atoms with van der Waals surface area (Å²) in [5, 5.41) is 3.19. The van der Waals surface area contributed by atoms with E-state index in [-0.39, 0.29) is 0 Å². The third-order valence-corrected chi connectivity index (χ3v) is 2.89. The lowest BCUT2D eigenvalue weighted by molar-refractivity contribution is 0.100. The van der Waals surface area contributed by atoms with E-state index in [4.69, 9.17) is 5.73 Å². The molecular weight excluding hydrogens is 254 g/mol. The molecule has 0 saturated heterocycles. The highest BCUT2D eigenvalue weighted by molar-refractivity contribution is 5.98. The van der Waals surface area contributed by atoms with E-state index in [0.717, 1.165) is 12.4 Å². The molecule has 106 valence electrons. The number of nitrogens with one attached hydrogen (secondary N) is 1. The number of primary amides is 1. The average Bonchev–Trinajstić information content (AvgIpc) is 2.83. The molecule has 0 spiro atoms. The van der Waals surface area contributed by atoms with Crippen LogP contribution in [-0.4, -0.2) is 20.4 Å². The summed E-state index contributed by atoms with van der Waals surface area (Å²) in [7, 11) is 0. The van der Waals surface area contributed by atoms with Crippen LogP contribution >= 0.6 is 0 Å². The van der Waals surface area contributed by atoms with Crippen LogP contribution in [0, 0.1) is 5.92 Å².